The van der Waals surface area contributed by atoms with Crippen molar-refractivity contribution in [3.8, 4) is 11.5 Å². The molecule has 4 heteroatoms. The predicted molar refractivity (Wildman–Crippen MR) is 98.4 cm³/mol. The van der Waals surface area contributed by atoms with E-state index in [9.17, 15) is 4.79 Å². The van der Waals surface area contributed by atoms with Crippen molar-refractivity contribution in [3.05, 3.63) is 59.2 Å². The first-order valence-electron chi connectivity index (χ1n) is 8.61. The van der Waals surface area contributed by atoms with Crippen LogP contribution in [0.15, 0.2) is 42.5 Å². The van der Waals surface area contributed by atoms with Crippen LogP contribution < -0.4 is 14.8 Å². The third-order valence-electron chi connectivity index (χ3n) is 4.96. The van der Waals surface area contributed by atoms with Crippen LogP contribution in [0.5, 0.6) is 11.5 Å². The molecule has 0 atom stereocenters. The van der Waals surface area contributed by atoms with Gasteiger partial charge < -0.3 is 14.8 Å². The molecule has 1 saturated carbocycles. The Kier molecular flexibility index (Phi) is 4.98. The topological polar surface area (TPSA) is 47.6 Å². The Balaban J connectivity index is 1.62. The van der Waals surface area contributed by atoms with Crippen LogP contribution in [0.3, 0.4) is 0 Å². The Morgan fingerprint density at radius 3 is 2.32 bits per heavy atom. The van der Waals surface area contributed by atoms with Gasteiger partial charge in [0, 0.05) is 12.0 Å². The summed E-state index contributed by atoms with van der Waals surface area (Å²) in [6.07, 6.45) is 2.57. The molecule has 1 aliphatic rings. The summed E-state index contributed by atoms with van der Waals surface area (Å²) < 4.78 is 10.7. The maximum Gasteiger partial charge on any atom is 0.224 e. The van der Waals surface area contributed by atoms with E-state index < -0.39 is 0 Å². The highest BCUT2D eigenvalue weighted by atomic mass is 16.5. The Labute approximate surface area is 149 Å². The number of nitrogens with one attached hydrogen (secondary N) is 1. The van der Waals surface area contributed by atoms with Gasteiger partial charge in [0.15, 0.2) is 11.5 Å². The summed E-state index contributed by atoms with van der Waals surface area (Å²) in [6, 6.07) is 14.1. The van der Waals surface area contributed by atoms with Gasteiger partial charge in [-0.15, -0.1) is 0 Å². The van der Waals surface area contributed by atoms with Crippen LogP contribution in [0.2, 0.25) is 0 Å². The lowest BCUT2D eigenvalue weighted by Crippen LogP contribution is -2.33. The second-order valence-corrected chi connectivity index (χ2v) is 6.79. The number of methoxy groups -OCH3 is 2. The molecular weight excluding hydrogens is 314 g/mol. The average Bonchev–Trinajstić information content (AvgIpc) is 3.42. The zero-order chi connectivity index (χ0) is 17.9. The second-order valence-electron chi connectivity index (χ2n) is 6.79. The molecule has 1 fully saturated rings. The second kappa shape index (κ2) is 7.18. The standard InChI is InChI=1S/C21H25NO3/c1-15-4-6-16(7-5-15)12-20(23)22-14-21(10-11-21)17-8-9-18(24-2)19(13-17)25-3/h4-9,13H,10-12,14H2,1-3H3,(H,22,23). The quantitative estimate of drug-likeness (QED) is 0.841. The summed E-state index contributed by atoms with van der Waals surface area (Å²) in [4.78, 5) is 12.3. The van der Waals surface area contributed by atoms with Gasteiger partial charge in [-0.2, -0.15) is 0 Å². The van der Waals surface area contributed by atoms with Crippen LogP contribution in [0.1, 0.15) is 29.5 Å². The number of rotatable bonds is 7. The van der Waals surface area contributed by atoms with Crippen molar-refractivity contribution in [3.63, 3.8) is 0 Å². The Morgan fingerprint density at radius 2 is 1.72 bits per heavy atom. The summed E-state index contributed by atoms with van der Waals surface area (Å²) in [5.74, 6) is 1.53. The van der Waals surface area contributed by atoms with Gasteiger partial charge in [-0.1, -0.05) is 35.9 Å². The number of carbonyl (C=O) groups excluding carboxylic acids is 1. The van der Waals surface area contributed by atoms with Crippen LogP contribution in [0, 0.1) is 6.92 Å². The highest BCUT2D eigenvalue weighted by Gasteiger charge is 2.44. The van der Waals surface area contributed by atoms with E-state index in [4.69, 9.17) is 9.47 Å². The van der Waals surface area contributed by atoms with Gasteiger partial charge in [0.05, 0.1) is 20.6 Å². The van der Waals surface area contributed by atoms with E-state index in [-0.39, 0.29) is 11.3 Å². The van der Waals surface area contributed by atoms with Crippen LogP contribution in [-0.2, 0) is 16.6 Å². The highest BCUT2D eigenvalue weighted by Crippen LogP contribution is 2.49. The van der Waals surface area contributed by atoms with E-state index in [0.29, 0.717) is 13.0 Å². The molecule has 2 aromatic carbocycles. The van der Waals surface area contributed by atoms with Crippen molar-refractivity contribution in [2.24, 2.45) is 0 Å². The highest BCUT2D eigenvalue weighted by molar-refractivity contribution is 5.78. The molecule has 1 aliphatic carbocycles. The molecule has 1 amide bonds. The minimum atomic E-state index is 0.0302. The molecule has 0 spiro atoms. The molecule has 1 N–H and O–H groups in total. The Hall–Kier alpha value is -2.49. The van der Waals surface area contributed by atoms with E-state index in [1.807, 2.05) is 43.3 Å². The summed E-state index contributed by atoms with van der Waals surface area (Å²) in [6.45, 7) is 2.71. The Bertz CT molecular complexity index is 748. The number of ether oxygens (including phenoxy) is 2. The molecule has 0 saturated heterocycles. The minimum Gasteiger partial charge on any atom is -0.493 e. The van der Waals surface area contributed by atoms with Crippen LogP contribution in [0.4, 0.5) is 0 Å². The molecule has 132 valence electrons. The first-order chi connectivity index (χ1) is 12.1. The van der Waals surface area contributed by atoms with Crippen molar-refractivity contribution in [2.45, 2.75) is 31.6 Å². The van der Waals surface area contributed by atoms with Gasteiger partial charge in [-0.25, -0.2) is 0 Å². The van der Waals surface area contributed by atoms with Gasteiger partial charge in [0.25, 0.3) is 0 Å². The summed E-state index contributed by atoms with van der Waals surface area (Å²) in [5.41, 5.74) is 3.47. The lowest BCUT2D eigenvalue weighted by atomic mass is 9.95. The number of carbonyl (C=O) groups is 1. The van der Waals surface area contributed by atoms with E-state index >= 15 is 0 Å². The zero-order valence-corrected chi connectivity index (χ0v) is 15.1. The molecule has 0 radical (unpaired) electrons. The van der Waals surface area contributed by atoms with Crippen LogP contribution >= 0.6 is 0 Å². The van der Waals surface area contributed by atoms with Crippen molar-refractivity contribution < 1.29 is 14.3 Å². The smallest absolute Gasteiger partial charge is 0.224 e. The summed E-state index contributed by atoms with van der Waals surface area (Å²) >= 11 is 0. The summed E-state index contributed by atoms with van der Waals surface area (Å²) in [7, 11) is 3.28. The fourth-order valence-corrected chi connectivity index (χ4v) is 3.11. The van der Waals surface area contributed by atoms with Crippen molar-refractivity contribution in [2.75, 3.05) is 20.8 Å². The third kappa shape index (κ3) is 3.95. The third-order valence-corrected chi connectivity index (χ3v) is 4.96. The monoisotopic (exact) mass is 339 g/mol. The molecule has 0 aromatic heterocycles. The van der Waals surface area contributed by atoms with Crippen molar-refractivity contribution >= 4 is 5.91 Å². The SMILES string of the molecule is COc1ccc(C2(CNC(=O)Cc3ccc(C)cc3)CC2)cc1OC. The van der Waals surface area contributed by atoms with Crippen LogP contribution in [0.25, 0.3) is 0 Å². The molecule has 0 bridgehead atoms. The van der Waals surface area contributed by atoms with Gasteiger partial charge in [-0.3, -0.25) is 4.79 Å². The molecule has 0 aliphatic heterocycles. The number of benzene rings is 2. The maximum absolute atomic E-state index is 12.3. The summed E-state index contributed by atoms with van der Waals surface area (Å²) in [5, 5.41) is 3.10. The van der Waals surface area contributed by atoms with Gasteiger partial charge in [0.1, 0.15) is 0 Å². The van der Waals surface area contributed by atoms with E-state index in [0.717, 1.165) is 29.9 Å². The minimum absolute atomic E-state index is 0.0302. The molecule has 3 rings (SSSR count). The molecule has 0 unspecified atom stereocenters. The molecule has 2 aromatic rings. The van der Waals surface area contributed by atoms with Gasteiger partial charge in [-0.05, 0) is 43.0 Å². The lowest BCUT2D eigenvalue weighted by molar-refractivity contribution is -0.120. The molecule has 25 heavy (non-hydrogen) atoms. The van der Waals surface area contributed by atoms with E-state index in [1.54, 1.807) is 14.2 Å². The van der Waals surface area contributed by atoms with Gasteiger partial charge >= 0.3 is 0 Å². The number of hydrogen-bond acceptors (Lipinski definition) is 3. The number of aryl methyl sites for hydroxylation is 1. The molecular formula is C21H25NO3. The lowest BCUT2D eigenvalue weighted by Gasteiger charge is -2.18. The molecule has 4 nitrogen and oxygen atoms in total. The van der Waals surface area contributed by atoms with Crippen molar-refractivity contribution in [1.29, 1.82) is 0 Å². The normalized spacial score (nSPS) is 14.7. The van der Waals surface area contributed by atoms with E-state index in [2.05, 4.69) is 11.4 Å². The zero-order valence-electron chi connectivity index (χ0n) is 15.1. The van der Waals surface area contributed by atoms with Gasteiger partial charge in [0.2, 0.25) is 5.91 Å². The fraction of sp³-hybridized carbons (Fsp3) is 0.381. The molecule has 0 heterocycles. The average molecular weight is 339 g/mol. The fourth-order valence-electron chi connectivity index (χ4n) is 3.11. The number of amides is 1. The Morgan fingerprint density at radius 1 is 1.04 bits per heavy atom. The number of hydrogen-bond donors (Lipinski definition) is 1. The largest absolute Gasteiger partial charge is 0.493 e. The van der Waals surface area contributed by atoms with Crippen LogP contribution in [-0.4, -0.2) is 26.7 Å². The first kappa shape index (κ1) is 17.3. The first-order valence-corrected chi connectivity index (χ1v) is 8.61. The van der Waals surface area contributed by atoms with Crippen molar-refractivity contribution in [1.82, 2.24) is 5.32 Å². The predicted octanol–water partition coefficient (Wildman–Crippen LogP) is 3.40. The van der Waals surface area contributed by atoms with E-state index in [1.165, 1.54) is 11.1 Å². The maximum atomic E-state index is 12.3.